The maximum atomic E-state index is 12.2. The van der Waals surface area contributed by atoms with Gasteiger partial charge in [-0.15, -0.1) is 11.3 Å². The summed E-state index contributed by atoms with van der Waals surface area (Å²) >= 11 is 1.65. The highest BCUT2D eigenvalue weighted by Crippen LogP contribution is 2.34. The first kappa shape index (κ1) is 35.6. The molecule has 0 aliphatic carbocycles. The maximum absolute atomic E-state index is 12.2. The number of nitriles is 1. The van der Waals surface area contributed by atoms with Crippen molar-refractivity contribution in [2.24, 2.45) is 0 Å². The van der Waals surface area contributed by atoms with Gasteiger partial charge in [0.2, 0.25) is 0 Å². The predicted octanol–water partition coefficient (Wildman–Crippen LogP) is 5.93. The molecule has 0 spiro atoms. The fourth-order valence-corrected chi connectivity index (χ4v) is 6.16. The second kappa shape index (κ2) is 17.0. The molecular weight excluding hydrogens is 615 g/mol. The molecule has 0 unspecified atom stereocenters. The zero-order valence-electron chi connectivity index (χ0n) is 26.4. The van der Waals surface area contributed by atoms with E-state index in [0.717, 1.165) is 60.0 Å². The van der Waals surface area contributed by atoms with Crippen molar-refractivity contribution in [1.29, 1.82) is 5.26 Å². The van der Waals surface area contributed by atoms with Crippen LogP contribution in [0, 0.1) is 18.3 Å². The van der Waals surface area contributed by atoms with Crippen LogP contribution in [-0.4, -0.2) is 76.9 Å². The molecule has 2 heterocycles. The molecule has 10 nitrogen and oxygen atoms in total. The molecule has 3 aromatic rings. The van der Waals surface area contributed by atoms with Gasteiger partial charge in [0, 0.05) is 30.8 Å². The van der Waals surface area contributed by atoms with Crippen molar-refractivity contribution >= 4 is 44.1 Å². The predicted molar refractivity (Wildman–Crippen MR) is 177 cm³/mol. The molecular formula is C33H41N3O7S2. The lowest BCUT2D eigenvalue weighted by atomic mass is 10.1. The summed E-state index contributed by atoms with van der Waals surface area (Å²) < 4.78 is 45.9. The molecule has 0 radical (unpaired) electrons. The third kappa shape index (κ3) is 10.6. The van der Waals surface area contributed by atoms with Crippen LogP contribution in [0.5, 0.6) is 11.5 Å². The van der Waals surface area contributed by atoms with Crippen LogP contribution in [0.3, 0.4) is 0 Å². The van der Waals surface area contributed by atoms with Gasteiger partial charge in [-0.1, -0.05) is 31.5 Å². The molecule has 4 rings (SSSR count). The molecule has 45 heavy (non-hydrogen) atoms. The van der Waals surface area contributed by atoms with Gasteiger partial charge in [0.05, 0.1) is 42.3 Å². The molecule has 0 saturated carbocycles. The number of thiophene rings is 1. The number of likely N-dealkylation sites (N-methyl/N-ethyl adjacent to an activating group) is 1. The first-order chi connectivity index (χ1) is 21.5. The van der Waals surface area contributed by atoms with E-state index in [2.05, 4.69) is 21.9 Å². The van der Waals surface area contributed by atoms with Crippen LogP contribution >= 0.6 is 11.3 Å². The van der Waals surface area contributed by atoms with Crippen LogP contribution in [0.4, 0.5) is 5.00 Å². The van der Waals surface area contributed by atoms with Crippen LogP contribution < -0.4 is 14.4 Å². The molecule has 0 amide bonds. The summed E-state index contributed by atoms with van der Waals surface area (Å²) in [4.78, 5) is 17.5. The number of piperidine rings is 1. The topological polar surface area (TPSA) is 129 Å². The van der Waals surface area contributed by atoms with Crippen molar-refractivity contribution in [2.75, 3.05) is 51.8 Å². The van der Waals surface area contributed by atoms with E-state index in [1.165, 1.54) is 12.1 Å². The largest absolute Gasteiger partial charge is 0.493 e. The number of nitrogens with zero attached hydrogens (tertiary/aromatic N) is 3. The Kier molecular flexibility index (Phi) is 13.4. The number of methoxy groups -OCH3 is 2. The van der Waals surface area contributed by atoms with Gasteiger partial charge in [-0.25, -0.2) is 0 Å². The lowest BCUT2D eigenvalue weighted by molar-refractivity contribution is -0.151. The Morgan fingerprint density at radius 2 is 1.69 bits per heavy atom. The van der Waals surface area contributed by atoms with Crippen molar-refractivity contribution in [1.82, 2.24) is 4.90 Å². The minimum absolute atomic E-state index is 0.0196. The second-order valence-electron chi connectivity index (χ2n) is 10.3. The fourth-order valence-electron chi connectivity index (χ4n) is 4.67. The van der Waals surface area contributed by atoms with E-state index in [4.69, 9.17) is 18.8 Å². The molecule has 242 valence electrons. The van der Waals surface area contributed by atoms with E-state index in [0.29, 0.717) is 23.6 Å². The Labute approximate surface area is 270 Å². The number of rotatable bonds is 11. The zero-order valence-corrected chi connectivity index (χ0v) is 28.0. The van der Waals surface area contributed by atoms with Crippen LogP contribution in [-0.2, 0) is 19.6 Å². The average Bonchev–Trinajstić information content (AvgIpc) is 3.51. The van der Waals surface area contributed by atoms with Gasteiger partial charge in [0.1, 0.15) is 6.10 Å². The van der Waals surface area contributed by atoms with E-state index < -0.39 is 10.1 Å². The number of anilines is 1. The molecule has 1 saturated heterocycles. The van der Waals surface area contributed by atoms with Gasteiger partial charge in [0.25, 0.3) is 10.1 Å². The summed E-state index contributed by atoms with van der Waals surface area (Å²) in [7, 11) is -0.850. The van der Waals surface area contributed by atoms with Gasteiger partial charge in [0.15, 0.2) is 11.5 Å². The number of esters is 1. The summed E-state index contributed by atoms with van der Waals surface area (Å²) in [6.45, 7) is 9.67. The number of aryl methyl sites for hydroxylation is 1. The Hall–Kier alpha value is -3.89. The minimum Gasteiger partial charge on any atom is -0.493 e. The smallest absolute Gasteiger partial charge is 0.320 e. The van der Waals surface area contributed by atoms with Gasteiger partial charge >= 0.3 is 5.97 Å². The first-order valence-electron chi connectivity index (χ1n) is 14.7. The molecule has 0 bridgehead atoms. The van der Waals surface area contributed by atoms with Crippen molar-refractivity contribution in [3.63, 3.8) is 0 Å². The van der Waals surface area contributed by atoms with Crippen LogP contribution in [0.15, 0.2) is 59.5 Å². The fraction of sp³-hybridized carbons (Fsp3) is 0.394. The molecule has 1 N–H and O–H groups in total. The lowest BCUT2D eigenvalue weighted by Crippen LogP contribution is -2.39. The van der Waals surface area contributed by atoms with E-state index in [9.17, 15) is 18.5 Å². The maximum Gasteiger partial charge on any atom is 0.320 e. The molecule has 2 aromatic carbocycles. The third-order valence-electron chi connectivity index (χ3n) is 7.33. The van der Waals surface area contributed by atoms with E-state index in [-0.39, 0.29) is 17.0 Å². The van der Waals surface area contributed by atoms with E-state index >= 15 is 0 Å². The normalized spacial score (nSPS) is 13.9. The lowest BCUT2D eigenvalue weighted by Gasteiger charge is -2.32. The SMILES string of the molecule is CCN(CC)CC(=O)OC1CCN(c2ccc(/C=C(\C#N)c3ccc(OC)c(OC)c3)s2)CC1.Cc1ccc(S(=O)(=O)O)cc1. The average molecular weight is 656 g/mol. The van der Waals surface area contributed by atoms with Gasteiger partial charge < -0.3 is 19.1 Å². The number of benzene rings is 2. The quantitative estimate of drug-likeness (QED) is 0.151. The Morgan fingerprint density at radius 3 is 2.24 bits per heavy atom. The number of hydrogen-bond acceptors (Lipinski definition) is 10. The molecule has 1 aliphatic rings. The summed E-state index contributed by atoms with van der Waals surface area (Å²) in [5.41, 5.74) is 2.30. The molecule has 1 aromatic heterocycles. The van der Waals surface area contributed by atoms with Gasteiger partial charge in [-0.2, -0.15) is 13.7 Å². The zero-order chi connectivity index (χ0) is 33.0. The number of carbonyl (C=O) groups is 1. The van der Waals surface area contributed by atoms with Crippen LogP contribution in [0.25, 0.3) is 11.6 Å². The Morgan fingerprint density at radius 1 is 1.04 bits per heavy atom. The number of allylic oxidation sites excluding steroid dienone is 1. The Balaban J connectivity index is 0.000000423. The molecule has 1 aliphatic heterocycles. The van der Waals surface area contributed by atoms with Crippen molar-refractivity contribution in [2.45, 2.75) is 44.6 Å². The minimum atomic E-state index is -4.02. The van der Waals surface area contributed by atoms with Crippen LogP contribution in [0.2, 0.25) is 0 Å². The summed E-state index contributed by atoms with van der Waals surface area (Å²) in [6, 6.07) is 17.9. The van der Waals surface area contributed by atoms with Crippen molar-refractivity contribution in [3.05, 3.63) is 70.6 Å². The standard InChI is InChI=1S/C26H33N3O4S.C7H8O3S/c1-5-28(6-2)18-26(30)33-21-11-13-29(14-12-21)25-10-8-22(34-25)15-20(17-27)19-7-9-23(31-3)24(16-19)32-4;1-6-2-4-7(5-3-6)11(8,9)10/h7-10,15-16,21H,5-6,11-14,18H2,1-4H3;2-5H,1H3,(H,8,9,10)/b20-15+;. The highest BCUT2D eigenvalue weighted by molar-refractivity contribution is 7.85. The summed E-state index contributed by atoms with van der Waals surface area (Å²) in [5, 5.41) is 10.9. The number of ether oxygens (including phenoxy) is 3. The van der Waals surface area contributed by atoms with Gasteiger partial charge in [-0.05, 0) is 74.1 Å². The second-order valence-corrected chi connectivity index (χ2v) is 12.9. The summed E-state index contributed by atoms with van der Waals surface area (Å²) in [5.74, 6) is 1.09. The van der Waals surface area contributed by atoms with E-state index in [1.807, 2.05) is 45.0 Å². The van der Waals surface area contributed by atoms with Crippen LogP contribution in [0.1, 0.15) is 42.7 Å². The highest BCUT2D eigenvalue weighted by atomic mass is 32.2. The van der Waals surface area contributed by atoms with Crippen molar-refractivity contribution in [3.8, 4) is 17.6 Å². The first-order valence-corrected chi connectivity index (χ1v) is 16.9. The molecule has 12 heteroatoms. The highest BCUT2D eigenvalue weighted by Gasteiger charge is 2.24. The molecule has 1 fully saturated rings. The number of hydrogen-bond donors (Lipinski definition) is 1. The summed E-state index contributed by atoms with van der Waals surface area (Å²) in [6.07, 6.45) is 3.52. The van der Waals surface area contributed by atoms with E-state index in [1.54, 1.807) is 43.8 Å². The monoisotopic (exact) mass is 655 g/mol. The van der Waals surface area contributed by atoms with Gasteiger partial charge in [-0.3, -0.25) is 14.2 Å². The third-order valence-corrected chi connectivity index (χ3v) is 9.29. The van der Waals surface area contributed by atoms with Crippen molar-refractivity contribution < 1.29 is 32.0 Å². The number of carbonyl (C=O) groups excluding carboxylic acids is 1. The molecule has 0 atom stereocenters. The Bertz CT molecular complexity index is 1580.